The van der Waals surface area contributed by atoms with Crippen molar-refractivity contribution in [2.45, 2.75) is 33.2 Å². The first kappa shape index (κ1) is 15.8. The Bertz CT molecular complexity index is 452. The molecule has 0 spiro atoms. The van der Waals surface area contributed by atoms with Gasteiger partial charge in [0.15, 0.2) is 0 Å². The number of carbonyl (C=O) groups excluding carboxylic acids is 1. The number of hydrogen-bond acceptors (Lipinski definition) is 4. The second-order valence-corrected chi connectivity index (χ2v) is 5.81. The van der Waals surface area contributed by atoms with Crippen LogP contribution in [0.5, 0.6) is 0 Å². The van der Waals surface area contributed by atoms with Gasteiger partial charge >= 0.3 is 0 Å². The summed E-state index contributed by atoms with van der Waals surface area (Å²) in [6.45, 7) is 8.06. The second kappa shape index (κ2) is 7.41. The van der Waals surface area contributed by atoms with Crippen molar-refractivity contribution < 1.29 is 4.79 Å². The summed E-state index contributed by atoms with van der Waals surface area (Å²) in [6.07, 6.45) is 3.55. The standard InChI is InChI=1S/C16H26N4O/c1-3-13(2)10-16(21)20-8-6-19(7-9-20)15-5-4-14(11-17)12-18-15/h4-5,12-13H,3,6-11,17H2,1-2H3. The summed E-state index contributed by atoms with van der Waals surface area (Å²) < 4.78 is 0. The van der Waals surface area contributed by atoms with E-state index in [0.29, 0.717) is 18.9 Å². The summed E-state index contributed by atoms with van der Waals surface area (Å²) in [4.78, 5) is 20.8. The second-order valence-electron chi connectivity index (χ2n) is 5.81. The SMILES string of the molecule is CCC(C)CC(=O)N1CCN(c2ccc(CN)cn2)CC1. The average Bonchev–Trinajstić information content (AvgIpc) is 2.55. The summed E-state index contributed by atoms with van der Waals surface area (Å²) >= 11 is 0. The van der Waals surface area contributed by atoms with Crippen LogP contribution in [-0.4, -0.2) is 42.0 Å². The van der Waals surface area contributed by atoms with E-state index in [1.807, 2.05) is 23.2 Å². The number of aromatic nitrogens is 1. The minimum absolute atomic E-state index is 0.287. The Morgan fingerprint density at radius 2 is 2.05 bits per heavy atom. The third-order valence-corrected chi connectivity index (χ3v) is 4.22. The molecule has 1 aromatic heterocycles. The maximum atomic E-state index is 12.2. The van der Waals surface area contributed by atoms with E-state index >= 15 is 0 Å². The molecule has 1 aromatic rings. The number of carbonyl (C=O) groups is 1. The fraction of sp³-hybridized carbons (Fsp3) is 0.625. The third kappa shape index (κ3) is 4.17. The van der Waals surface area contributed by atoms with Gasteiger partial charge in [-0.2, -0.15) is 0 Å². The van der Waals surface area contributed by atoms with Crippen LogP contribution in [0.4, 0.5) is 5.82 Å². The largest absolute Gasteiger partial charge is 0.353 e. The molecule has 5 heteroatoms. The first-order valence-corrected chi connectivity index (χ1v) is 7.81. The highest BCUT2D eigenvalue weighted by molar-refractivity contribution is 5.76. The Labute approximate surface area is 127 Å². The summed E-state index contributed by atoms with van der Waals surface area (Å²) in [5.74, 6) is 1.73. The van der Waals surface area contributed by atoms with Crippen molar-refractivity contribution in [1.29, 1.82) is 0 Å². The molecule has 1 aliphatic rings. The van der Waals surface area contributed by atoms with Crippen LogP contribution in [0, 0.1) is 5.92 Å². The molecule has 2 rings (SSSR count). The zero-order valence-electron chi connectivity index (χ0n) is 13.1. The lowest BCUT2D eigenvalue weighted by Crippen LogP contribution is -2.49. The molecule has 1 aliphatic heterocycles. The van der Waals surface area contributed by atoms with E-state index in [1.165, 1.54) is 0 Å². The number of pyridine rings is 1. The van der Waals surface area contributed by atoms with Crippen LogP contribution in [0.2, 0.25) is 0 Å². The van der Waals surface area contributed by atoms with Crippen LogP contribution in [-0.2, 0) is 11.3 Å². The van der Waals surface area contributed by atoms with Gasteiger partial charge in [-0.15, -0.1) is 0 Å². The summed E-state index contributed by atoms with van der Waals surface area (Å²) in [6, 6.07) is 4.03. The molecule has 1 amide bonds. The summed E-state index contributed by atoms with van der Waals surface area (Å²) in [7, 11) is 0. The summed E-state index contributed by atoms with van der Waals surface area (Å²) in [5, 5.41) is 0. The quantitative estimate of drug-likeness (QED) is 0.895. The maximum absolute atomic E-state index is 12.2. The molecule has 0 radical (unpaired) electrons. The van der Waals surface area contributed by atoms with Crippen LogP contribution < -0.4 is 10.6 Å². The average molecular weight is 290 g/mol. The van der Waals surface area contributed by atoms with Crippen molar-refractivity contribution in [3.63, 3.8) is 0 Å². The lowest BCUT2D eigenvalue weighted by atomic mass is 10.0. The normalized spacial score (nSPS) is 16.9. The van der Waals surface area contributed by atoms with Gasteiger partial charge in [0.1, 0.15) is 5.82 Å². The number of nitrogens with two attached hydrogens (primary N) is 1. The van der Waals surface area contributed by atoms with Crippen LogP contribution in [0.1, 0.15) is 32.3 Å². The van der Waals surface area contributed by atoms with E-state index in [9.17, 15) is 4.79 Å². The molecule has 1 atom stereocenters. The predicted octanol–water partition coefficient (Wildman–Crippen LogP) is 1.63. The third-order valence-electron chi connectivity index (χ3n) is 4.22. The molecule has 1 unspecified atom stereocenters. The van der Waals surface area contributed by atoms with Crippen LogP contribution in [0.25, 0.3) is 0 Å². The number of amides is 1. The molecule has 0 aromatic carbocycles. The molecular formula is C16H26N4O. The number of piperazine rings is 1. The predicted molar refractivity (Wildman–Crippen MR) is 85.0 cm³/mol. The van der Waals surface area contributed by atoms with E-state index in [0.717, 1.165) is 44.0 Å². The van der Waals surface area contributed by atoms with Crippen LogP contribution >= 0.6 is 0 Å². The van der Waals surface area contributed by atoms with Gasteiger partial charge in [-0.05, 0) is 17.5 Å². The molecule has 2 heterocycles. The van der Waals surface area contributed by atoms with Crippen molar-refractivity contribution in [2.24, 2.45) is 11.7 Å². The minimum atomic E-state index is 0.287. The Morgan fingerprint density at radius 3 is 2.57 bits per heavy atom. The molecule has 21 heavy (non-hydrogen) atoms. The molecule has 0 saturated carbocycles. The molecular weight excluding hydrogens is 264 g/mol. The lowest BCUT2D eigenvalue weighted by molar-refractivity contribution is -0.132. The van der Waals surface area contributed by atoms with E-state index in [4.69, 9.17) is 5.73 Å². The molecule has 5 nitrogen and oxygen atoms in total. The first-order chi connectivity index (χ1) is 10.1. The number of nitrogens with zero attached hydrogens (tertiary/aromatic N) is 3. The van der Waals surface area contributed by atoms with E-state index in [1.54, 1.807) is 0 Å². The van der Waals surface area contributed by atoms with Gasteiger partial charge in [0, 0.05) is 45.3 Å². The Hall–Kier alpha value is -1.62. The van der Waals surface area contributed by atoms with Gasteiger partial charge in [-0.1, -0.05) is 26.3 Å². The van der Waals surface area contributed by atoms with Crippen molar-refractivity contribution in [3.05, 3.63) is 23.9 Å². The van der Waals surface area contributed by atoms with Gasteiger partial charge in [0.2, 0.25) is 5.91 Å². The Kier molecular flexibility index (Phi) is 5.56. The molecule has 0 bridgehead atoms. The minimum Gasteiger partial charge on any atom is -0.353 e. The van der Waals surface area contributed by atoms with Crippen molar-refractivity contribution in [3.8, 4) is 0 Å². The maximum Gasteiger partial charge on any atom is 0.222 e. The molecule has 116 valence electrons. The Balaban J connectivity index is 1.86. The number of anilines is 1. The van der Waals surface area contributed by atoms with E-state index in [-0.39, 0.29) is 5.91 Å². The molecule has 1 saturated heterocycles. The number of hydrogen-bond donors (Lipinski definition) is 1. The first-order valence-electron chi connectivity index (χ1n) is 7.81. The summed E-state index contributed by atoms with van der Waals surface area (Å²) in [5.41, 5.74) is 6.63. The fourth-order valence-electron chi connectivity index (χ4n) is 2.48. The van der Waals surface area contributed by atoms with Crippen LogP contribution in [0.15, 0.2) is 18.3 Å². The fourth-order valence-corrected chi connectivity index (χ4v) is 2.48. The van der Waals surface area contributed by atoms with E-state index in [2.05, 4.69) is 23.7 Å². The highest BCUT2D eigenvalue weighted by Crippen LogP contribution is 2.16. The molecule has 2 N–H and O–H groups in total. The smallest absolute Gasteiger partial charge is 0.222 e. The lowest BCUT2D eigenvalue weighted by Gasteiger charge is -2.35. The molecule has 1 fully saturated rings. The number of rotatable bonds is 5. The topological polar surface area (TPSA) is 62.5 Å². The van der Waals surface area contributed by atoms with Gasteiger partial charge in [-0.25, -0.2) is 4.98 Å². The highest BCUT2D eigenvalue weighted by Gasteiger charge is 2.22. The van der Waals surface area contributed by atoms with Gasteiger partial charge in [0.05, 0.1) is 0 Å². The zero-order chi connectivity index (χ0) is 15.2. The molecule has 0 aliphatic carbocycles. The Morgan fingerprint density at radius 1 is 1.33 bits per heavy atom. The zero-order valence-corrected chi connectivity index (χ0v) is 13.1. The van der Waals surface area contributed by atoms with Crippen molar-refractivity contribution in [1.82, 2.24) is 9.88 Å². The van der Waals surface area contributed by atoms with Crippen molar-refractivity contribution >= 4 is 11.7 Å². The monoisotopic (exact) mass is 290 g/mol. The van der Waals surface area contributed by atoms with Crippen LogP contribution in [0.3, 0.4) is 0 Å². The van der Waals surface area contributed by atoms with Gasteiger partial charge in [0.25, 0.3) is 0 Å². The van der Waals surface area contributed by atoms with Gasteiger partial charge in [-0.3, -0.25) is 4.79 Å². The van der Waals surface area contributed by atoms with Crippen molar-refractivity contribution in [2.75, 3.05) is 31.1 Å². The highest BCUT2D eigenvalue weighted by atomic mass is 16.2. The van der Waals surface area contributed by atoms with Gasteiger partial charge < -0.3 is 15.5 Å². The van der Waals surface area contributed by atoms with E-state index < -0.39 is 0 Å².